The number of hydrogen-bond donors (Lipinski definition) is 0. The smallest absolute Gasteiger partial charge is 0.283 e. The lowest BCUT2D eigenvalue weighted by Crippen LogP contribution is -2.30. The maximum Gasteiger partial charge on any atom is 0.283 e. The summed E-state index contributed by atoms with van der Waals surface area (Å²) in [7, 11) is 0. The van der Waals surface area contributed by atoms with E-state index in [1.54, 1.807) is 48.5 Å². The molecule has 174 valence electrons. The fraction of sp³-hybridized carbons (Fsp3) is 0.0800. The van der Waals surface area contributed by atoms with Crippen molar-refractivity contribution in [3.8, 4) is 11.5 Å². The van der Waals surface area contributed by atoms with Gasteiger partial charge in [0.15, 0.2) is 22.4 Å². The number of fused-ring (bicyclic) bond motifs is 1. The highest BCUT2D eigenvalue weighted by molar-refractivity contribution is 8.14. The molecule has 0 aliphatic carbocycles. The third-order valence-electron chi connectivity index (χ3n) is 5.26. The molecule has 0 fully saturated rings. The minimum Gasteiger partial charge on any atom is -0.454 e. The van der Waals surface area contributed by atoms with Gasteiger partial charge in [-0.15, -0.1) is 0 Å². The number of ketones is 1. The number of anilines is 1. The molecule has 0 radical (unpaired) electrons. The lowest BCUT2D eigenvalue weighted by molar-refractivity contribution is -0.384. The van der Waals surface area contributed by atoms with Crippen molar-refractivity contribution >= 4 is 46.1 Å². The van der Waals surface area contributed by atoms with Crippen molar-refractivity contribution in [2.45, 2.75) is 0 Å². The fourth-order valence-corrected chi connectivity index (χ4v) is 4.47. The molecule has 10 heteroatoms. The van der Waals surface area contributed by atoms with E-state index >= 15 is 0 Å². The van der Waals surface area contributed by atoms with Crippen molar-refractivity contribution in [3.63, 3.8) is 0 Å². The van der Waals surface area contributed by atoms with Gasteiger partial charge in [0.1, 0.15) is 5.70 Å². The number of non-ortho nitro benzene ring substituents is 1. The van der Waals surface area contributed by atoms with Gasteiger partial charge in [-0.05, 0) is 35.9 Å². The Morgan fingerprint density at radius 3 is 2.66 bits per heavy atom. The van der Waals surface area contributed by atoms with E-state index in [4.69, 9.17) is 9.47 Å². The molecule has 2 aliphatic rings. The van der Waals surface area contributed by atoms with Crippen LogP contribution < -0.4 is 14.4 Å². The molecule has 0 aromatic heterocycles. The Bertz CT molecular complexity index is 1400. The third kappa shape index (κ3) is 4.64. The van der Waals surface area contributed by atoms with E-state index < -0.39 is 4.92 Å². The van der Waals surface area contributed by atoms with Gasteiger partial charge in [-0.25, -0.2) is 4.99 Å². The first-order valence-electron chi connectivity index (χ1n) is 10.5. The van der Waals surface area contributed by atoms with Crippen molar-refractivity contribution in [1.29, 1.82) is 0 Å². The van der Waals surface area contributed by atoms with Gasteiger partial charge in [0.05, 0.1) is 16.4 Å². The van der Waals surface area contributed by atoms with Crippen LogP contribution in [0.3, 0.4) is 0 Å². The predicted molar refractivity (Wildman–Crippen MR) is 132 cm³/mol. The summed E-state index contributed by atoms with van der Waals surface area (Å²) in [4.78, 5) is 42.5. The van der Waals surface area contributed by atoms with Gasteiger partial charge in [0, 0.05) is 17.7 Å². The van der Waals surface area contributed by atoms with Crippen LogP contribution in [0.15, 0.2) is 83.5 Å². The molecule has 0 spiro atoms. The number of aliphatic imine (C=N–C) groups is 1. The highest BCUT2D eigenvalue weighted by atomic mass is 32.2. The number of nitrogens with zero attached hydrogens (tertiary/aromatic N) is 3. The summed E-state index contributed by atoms with van der Waals surface area (Å²) in [6, 6.07) is 19.9. The molecule has 0 N–H and O–H groups in total. The van der Waals surface area contributed by atoms with Crippen molar-refractivity contribution in [1.82, 2.24) is 0 Å². The summed E-state index contributed by atoms with van der Waals surface area (Å²) >= 11 is 1.09. The Hall–Kier alpha value is -4.44. The first-order valence-corrected chi connectivity index (χ1v) is 11.5. The Morgan fingerprint density at radius 2 is 1.86 bits per heavy atom. The molecule has 0 saturated carbocycles. The van der Waals surface area contributed by atoms with E-state index in [0.717, 1.165) is 11.8 Å². The Balaban J connectivity index is 1.42. The van der Waals surface area contributed by atoms with Crippen molar-refractivity contribution in [2.75, 3.05) is 17.4 Å². The number of hydrogen-bond acceptors (Lipinski definition) is 8. The van der Waals surface area contributed by atoms with Crippen LogP contribution in [-0.2, 0) is 4.79 Å². The number of nitro groups is 1. The zero-order chi connectivity index (χ0) is 24.4. The lowest BCUT2D eigenvalue weighted by atomic mass is 10.1. The monoisotopic (exact) mass is 487 g/mol. The highest BCUT2D eigenvalue weighted by Crippen LogP contribution is 2.34. The second kappa shape index (κ2) is 9.43. The normalized spacial score (nSPS) is 15.4. The summed E-state index contributed by atoms with van der Waals surface area (Å²) in [6.07, 6.45) is 1.65. The molecule has 5 rings (SSSR count). The van der Waals surface area contributed by atoms with E-state index in [1.807, 2.05) is 6.07 Å². The van der Waals surface area contributed by atoms with Crippen LogP contribution in [0, 0.1) is 10.1 Å². The number of thioether (sulfide) groups is 1. The van der Waals surface area contributed by atoms with Crippen molar-refractivity contribution in [3.05, 3.63) is 99.7 Å². The van der Waals surface area contributed by atoms with Crippen LogP contribution in [0.25, 0.3) is 6.08 Å². The number of ether oxygens (including phenoxy) is 2. The molecule has 0 bridgehead atoms. The first-order chi connectivity index (χ1) is 17.0. The number of amides is 1. The quantitative estimate of drug-likeness (QED) is 0.215. The standard InChI is InChI=1S/C25H17N3O6S/c29-21(17-5-4-8-19(13-17)28(31)32)14-35-25-26-20(24(30)27(25)18-6-2-1-3-7-18)11-16-9-10-22-23(12-16)34-15-33-22/h1-13H,14-15H2/b20-11+. The van der Waals surface area contributed by atoms with Gasteiger partial charge < -0.3 is 9.47 Å². The van der Waals surface area contributed by atoms with Gasteiger partial charge in [-0.2, -0.15) is 0 Å². The number of nitro benzene ring substituents is 1. The molecule has 9 nitrogen and oxygen atoms in total. The number of benzene rings is 3. The number of amidine groups is 1. The molecular formula is C25H17N3O6S. The average Bonchev–Trinajstić information content (AvgIpc) is 3.47. The van der Waals surface area contributed by atoms with E-state index in [2.05, 4.69) is 4.99 Å². The largest absolute Gasteiger partial charge is 0.454 e. The van der Waals surface area contributed by atoms with Crippen LogP contribution in [0.2, 0.25) is 0 Å². The summed E-state index contributed by atoms with van der Waals surface area (Å²) in [5.74, 6) is 0.531. The van der Waals surface area contributed by atoms with E-state index in [9.17, 15) is 19.7 Å². The SMILES string of the molecule is O=C(CSC1=N/C(=C/c2ccc3c(c2)OCO3)C(=O)N1c1ccccc1)c1cccc([N+](=O)[O-])c1. The number of carbonyl (C=O) groups excluding carboxylic acids is 2. The summed E-state index contributed by atoms with van der Waals surface area (Å²) in [6.45, 7) is 0.146. The zero-order valence-electron chi connectivity index (χ0n) is 18.1. The van der Waals surface area contributed by atoms with Crippen LogP contribution in [0.1, 0.15) is 15.9 Å². The van der Waals surface area contributed by atoms with Gasteiger partial charge in [-0.1, -0.05) is 48.2 Å². The van der Waals surface area contributed by atoms with Crippen LogP contribution >= 0.6 is 11.8 Å². The molecule has 0 atom stereocenters. The second-order valence-electron chi connectivity index (χ2n) is 7.53. The lowest BCUT2D eigenvalue weighted by Gasteiger charge is -2.17. The molecule has 35 heavy (non-hydrogen) atoms. The van der Waals surface area contributed by atoms with E-state index in [0.29, 0.717) is 27.9 Å². The maximum atomic E-state index is 13.3. The Labute approximate surface area is 203 Å². The minimum atomic E-state index is -0.548. The molecule has 2 aliphatic heterocycles. The van der Waals surface area contributed by atoms with Crippen LogP contribution in [0.4, 0.5) is 11.4 Å². The molecule has 1 amide bonds. The van der Waals surface area contributed by atoms with E-state index in [1.165, 1.54) is 29.2 Å². The van der Waals surface area contributed by atoms with Gasteiger partial charge in [0.2, 0.25) is 6.79 Å². The van der Waals surface area contributed by atoms with Gasteiger partial charge in [-0.3, -0.25) is 24.6 Å². The van der Waals surface area contributed by atoms with Crippen LogP contribution in [0.5, 0.6) is 11.5 Å². The molecular weight excluding hydrogens is 470 g/mol. The van der Waals surface area contributed by atoms with Gasteiger partial charge >= 0.3 is 0 Å². The van der Waals surface area contributed by atoms with Crippen LogP contribution in [-0.4, -0.2) is 34.3 Å². The maximum absolute atomic E-state index is 13.3. The minimum absolute atomic E-state index is 0.0477. The number of carbonyl (C=O) groups is 2. The molecule has 3 aromatic carbocycles. The first kappa shape index (κ1) is 22.4. The molecule has 0 saturated heterocycles. The molecule has 3 aromatic rings. The topological polar surface area (TPSA) is 111 Å². The molecule has 2 heterocycles. The highest BCUT2D eigenvalue weighted by Gasteiger charge is 2.32. The average molecular weight is 487 g/mol. The predicted octanol–water partition coefficient (Wildman–Crippen LogP) is 4.68. The van der Waals surface area contributed by atoms with E-state index in [-0.39, 0.29) is 41.2 Å². The third-order valence-corrected chi connectivity index (χ3v) is 6.19. The van der Waals surface area contributed by atoms with Crippen molar-refractivity contribution in [2.24, 2.45) is 4.99 Å². The number of para-hydroxylation sites is 1. The molecule has 0 unspecified atom stereocenters. The summed E-state index contributed by atoms with van der Waals surface area (Å²) < 4.78 is 10.7. The summed E-state index contributed by atoms with van der Waals surface area (Å²) in [5.41, 5.74) is 1.60. The second-order valence-corrected chi connectivity index (χ2v) is 8.47. The number of rotatable bonds is 6. The zero-order valence-corrected chi connectivity index (χ0v) is 18.9. The Kier molecular flexibility index (Phi) is 6.02. The number of Topliss-reactive ketones (excluding diaryl/α,β-unsaturated/α-hetero) is 1. The summed E-state index contributed by atoms with van der Waals surface area (Å²) in [5, 5.41) is 11.4. The Morgan fingerprint density at radius 1 is 1.06 bits per heavy atom. The van der Waals surface area contributed by atoms with Gasteiger partial charge in [0.25, 0.3) is 11.6 Å². The fourth-order valence-electron chi connectivity index (χ4n) is 3.57. The van der Waals surface area contributed by atoms with Crippen molar-refractivity contribution < 1.29 is 24.0 Å².